The van der Waals surface area contributed by atoms with E-state index in [1.807, 2.05) is 38.1 Å². The Balaban J connectivity index is 1.55. The zero-order valence-corrected chi connectivity index (χ0v) is 17.5. The average Bonchev–Trinajstić information content (AvgIpc) is 2.79. The Kier molecular flexibility index (Phi) is 9.85. The van der Waals surface area contributed by atoms with Crippen LogP contribution in [0.1, 0.15) is 63.5 Å². The number of amides is 2. The van der Waals surface area contributed by atoms with E-state index in [0.29, 0.717) is 24.3 Å². The van der Waals surface area contributed by atoms with Crippen molar-refractivity contribution in [3.05, 3.63) is 60.2 Å². The zero-order valence-electron chi connectivity index (χ0n) is 17.5. The summed E-state index contributed by atoms with van der Waals surface area (Å²) in [5.74, 6) is -0.229. The monoisotopic (exact) mass is 408 g/mol. The molecule has 8 heteroatoms. The maximum atomic E-state index is 11.9. The van der Waals surface area contributed by atoms with Gasteiger partial charge >= 0.3 is 0 Å². The van der Waals surface area contributed by atoms with Crippen molar-refractivity contribution < 1.29 is 9.59 Å². The summed E-state index contributed by atoms with van der Waals surface area (Å²) in [5, 5.41) is 8.19. The number of hydrogen-bond donors (Lipinski definition) is 2. The fourth-order valence-electron chi connectivity index (χ4n) is 2.61. The molecule has 2 aromatic rings. The molecule has 0 fully saturated rings. The highest BCUT2D eigenvalue weighted by atomic mass is 16.2. The Morgan fingerprint density at radius 2 is 1.20 bits per heavy atom. The number of carbonyl (C=O) groups excluding carboxylic acids is 2. The first kappa shape index (κ1) is 22.9. The normalized spacial score (nSPS) is 11.8. The lowest BCUT2D eigenvalue weighted by atomic mass is 10.1. The van der Waals surface area contributed by atoms with E-state index in [9.17, 15) is 9.59 Å². The molecule has 0 atom stereocenters. The second-order valence-electron chi connectivity index (χ2n) is 6.86. The first-order valence-corrected chi connectivity index (χ1v) is 10.0. The van der Waals surface area contributed by atoms with E-state index in [-0.39, 0.29) is 11.8 Å². The predicted octanol–water partition coefficient (Wildman–Crippen LogP) is 3.20. The Labute approximate surface area is 176 Å². The fraction of sp³-hybridized carbons (Fsp3) is 0.364. The summed E-state index contributed by atoms with van der Waals surface area (Å²) in [5.41, 5.74) is 8.30. The summed E-state index contributed by atoms with van der Waals surface area (Å²) in [4.78, 5) is 31.8. The third kappa shape index (κ3) is 8.72. The summed E-state index contributed by atoms with van der Waals surface area (Å²) in [6.07, 6.45) is 10.9. The van der Waals surface area contributed by atoms with Gasteiger partial charge in [-0.05, 0) is 38.8 Å². The van der Waals surface area contributed by atoms with E-state index >= 15 is 0 Å². The summed E-state index contributed by atoms with van der Waals surface area (Å²) in [7, 11) is 0. The predicted molar refractivity (Wildman–Crippen MR) is 117 cm³/mol. The highest BCUT2D eigenvalue weighted by molar-refractivity contribution is 5.99. The Bertz CT molecular complexity index is 792. The third-order valence-electron chi connectivity index (χ3n) is 4.41. The summed E-state index contributed by atoms with van der Waals surface area (Å²) < 4.78 is 0. The van der Waals surface area contributed by atoms with Gasteiger partial charge in [-0.25, -0.2) is 10.9 Å². The molecule has 0 unspecified atom stereocenters. The molecule has 2 amide bonds. The van der Waals surface area contributed by atoms with Crippen LogP contribution in [-0.4, -0.2) is 33.2 Å². The van der Waals surface area contributed by atoms with Crippen LogP contribution >= 0.6 is 0 Å². The van der Waals surface area contributed by atoms with Crippen molar-refractivity contribution in [2.45, 2.75) is 52.4 Å². The van der Waals surface area contributed by atoms with Crippen LogP contribution in [0.4, 0.5) is 0 Å². The van der Waals surface area contributed by atoms with E-state index < -0.39 is 0 Å². The van der Waals surface area contributed by atoms with Crippen LogP contribution in [0.15, 0.2) is 59.3 Å². The van der Waals surface area contributed by atoms with Gasteiger partial charge in [0.1, 0.15) is 0 Å². The molecule has 8 nitrogen and oxygen atoms in total. The van der Waals surface area contributed by atoms with Crippen molar-refractivity contribution >= 4 is 23.2 Å². The van der Waals surface area contributed by atoms with Crippen LogP contribution in [0.3, 0.4) is 0 Å². The van der Waals surface area contributed by atoms with Crippen LogP contribution < -0.4 is 10.9 Å². The molecular formula is C22H28N6O2. The maximum Gasteiger partial charge on any atom is 0.240 e. The molecule has 0 spiro atoms. The molecule has 0 radical (unpaired) electrons. The van der Waals surface area contributed by atoms with E-state index in [1.54, 1.807) is 24.8 Å². The molecule has 0 saturated heterocycles. The van der Waals surface area contributed by atoms with Crippen LogP contribution in [0.2, 0.25) is 0 Å². The highest BCUT2D eigenvalue weighted by Gasteiger charge is 2.04. The molecule has 2 N–H and O–H groups in total. The molecule has 30 heavy (non-hydrogen) atoms. The van der Waals surface area contributed by atoms with Crippen molar-refractivity contribution in [2.24, 2.45) is 10.2 Å². The highest BCUT2D eigenvalue weighted by Crippen LogP contribution is 2.06. The van der Waals surface area contributed by atoms with Gasteiger partial charge in [-0.15, -0.1) is 0 Å². The molecule has 0 aliphatic heterocycles. The van der Waals surface area contributed by atoms with Crippen molar-refractivity contribution in [1.29, 1.82) is 0 Å². The second-order valence-corrected chi connectivity index (χ2v) is 6.86. The summed E-state index contributed by atoms with van der Waals surface area (Å²) in [6, 6.07) is 7.43. The number of nitrogens with one attached hydrogen (secondary N) is 2. The number of nitrogens with zero attached hydrogens (tertiary/aromatic N) is 4. The first-order chi connectivity index (χ1) is 14.6. The minimum absolute atomic E-state index is 0.115. The quantitative estimate of drug-likeness (QED) is 0.338. The second kappa shape index (κ2) is 12.9. The molecule has 2 heterocycles. The number of hydrogen-bond acceptors (Lipinski definition) is 6. The molecule has 2 aromatic heterocycles. The standard InChI is InChI=1S/C22H28N6O2/c1-17(19-9-7-13-23-15-19)25-27-21(29)11-5-3-4-6-12-22(30)28-26-18(2)20-10-8-14-24-16-20/h7-10,13-16H,3-6,11-12H2,1-2H3,(H,27,29)(H,28,30). The smallest absolute Gasteiger partial charge is 0.240 e. The van der Waals surface area contributed by atoms with Crippen molar-refractivity contribution in [3.63, 3.8) is 0 Å². The number of aromatic nitrogens is 2. The first-order valence-electron chi connectivity index (χ1n) is 10.0. The van der Waals surface area contributed by atoms with Crippen LogP contribution in [0, 0.1) is 0 Å². The van der Waals surface area contributed by atoms with Crippen LogP contribution in [-0.2, 0) is 9.59 Å². The molecule has 158 valence electrons. The average molecular weight is 409 g/mol. The van der Waals surface area contributed by atoms with Crippen LogP contribution in [0.5, 0.6) is 0 Å². The largest absolute Gasteiger partial charge is 0.273 e. The number of hydrazone groups is 2. The minimum Gasteiger partial charge on any atom is -0.273 e. The Hall–Kier alpha value is -3.42. The van der Waals surface area contributed by atoms with Gasteiger partial charge in [-0.1, -0.05) is 25.0 Å². The molecule has 2 rings (SSSR count). The maximum absolute atomic E-state index is 11.9. The van der Waals surface area contributed by atoms with Crippen molar-refractivity contribution in [3.8, 4) is 0 Å². The fourth-order valence-corrected chi connectivity index (χ4v) is 2.61. The van der Waals surface area contributed by atoms with Gasteiger partial charge in [0.15, 0.2) is 0 Å². The topological polar surface area (TPSA) is 109 Å². The Morgan fingerprint density at radius 3 is 1.57 bits per heavy atom. The minimum atomic E-state index is -0.115. The van der Waals surface area contributed by atoms with Gasteiger partial charge in [0.25, 0.3) is 0 Å². The third-order valence-corrected chi connectivity index (χ3v) is 4.41. The summed E-state index contributed by atoms with van der Waals surface area (Å²) in [6.45, 7) is 3.65. The lowest BCUT2D eigenvalue weighted by Crippen LogP contribution is -2.19. The van der Waals surface area contributed by atoms with Crippen molar-refractivity contribution in [1.82, 2.24) is 20.8 Å². The molecular weight excluding hydrogens is 380 g/mol. The van der Waals surface area contributed by atoms with Gasteiger partial charge in [-0.2, -0.15) is 10.2 Å². The van der Waals surface area contributed by atoms with E-state index in [0.717, 1.165) is 36.8 Å². The van der Waals surface area contributed by atoms with Crippen LogP contribution in [0.25, 0.3) is 0 Å². The van der Waals surface area contributed by atoms with E-state index in [2.05, 4.69) is 31.0 Å². The van der Waals surface area contributed by atoms with E-state index in [1.165, 1.54) is 0 Å². The van der Waals surface area contributed by atoms with E-state index in [4.69, 9.17) is 0 Å². The number of unbranched alkanes of at least 4 members (excludes halogenated alkanes) is 3. The lowest BCUT2D eigenvalue weighted by molar-refractivity contribution is -0.122. The van der Waals surface area contributed by atoms with Gasteiger partial charge < -0.3 is 0 Å². The number of carbonyl (C=O) groups is 2. The molecule has 0 aromatic carbocycles. The molecule has 0 saturated carbocycles. The zero-order chi connectivity index (χ0) is 21.6. The lowest BCUT2D eigenvalue weighted by Gasteiger charge is -2.04. The summed E-state index contributed by atoms with van der Waals surface area (Å²) >= 11 is 0. The Morgan fingerprint density at radius 1 is 0.767 bits per heavy atom. The number of pyridine rings is 2. The SMILES string of the molecule is CC(=NNC(=O)CCCCCCC(=O)NN=C(C)c1cccnc1)c1cccnc1. The molecule has 0 aliphatic carbocycles. The number of rotatable bonds is 11. The molecule has 0 bridgehead atoms. The van der Waals surface area contributed by atoms with Crippen molar-refractivity contribution in [2.75, 3.05) is 0 Å². The van der Waals surface area contributed by atoms with Gasteiger partial charge in [0.05, 0.1) is 11.4 Å². The molecule has 0 aliphatic rings. The van der Waals surface area contributed by atoms with Gasteiger partial charge in [-0.3, -0.25) is 19.6 Å². The van der Waals surface area contributed by atoms with Gasteiger partial charge in [0.2, 0.25) is 11.8 Å². The van der Waals surface area contributed by atoms with Gasteiger partial charge in [0, 0.05) is 48.8 Å².